The van der Waals surface area contributed by atoms with Gasteiger partial charge < -0.3 is 20.5 Å². The molecule has 1 aromatic heterocycles. The van der Waals surface area contributed by atoms with Crippen LogP contribution in [0.5, 0.6) is 11.5 Å². The van der Waals surface area contributed by atoms with Gasteiger partial charge in [-0.15, -0.1) is 11.3 Å². The van der Waals surface area contributed by atoms with Crippen LogP contribution < -0.4 is 15.4 Å². The van der Waals surface area contributed by atoms with Crippen molar-refractivity contribution in [1.82, 2.24) is 15.6 Å². The molecule has 2 rings (SSSR count). The first-order chi connectivity index (χ1) is 10.6. The molecule has 0 fully saturated rings. The monoisotopic (exact) mass is 320 g/mol. The fraction of sp³-hybridized carbons (Fsp3) is 0.333. The molecule has 0 spiro atoms. The second-order valence-electron chi connectivity index (χ2n) is 4.64. The quantitative estimate of drug-likeness (QED) is 0.580. The van der Waals surface area contributed by atoms with Crippen molar-refractivity contribution < 1.29 is 9.84 Å². The molecule has 0 aliphatic rings. The number of phenolic OH excluding ortho intramolecular Hbond substituents is 1. The van der Waals surface area contributed by atoms with Crippen LogP contribution in [0.25, 0.3) is 0 Å². The third kappa shape index (κ3) is 4.36. The van der Waals surface area contributed by atoms with Crippen LogP contribution in [0.3, 0.4) is 0 Å². The predicted molar refractivity (Wildman–Crippen MR) is 88.5 cm³/mol. The van der Waals surface area contributed by atoms with E-state index in [2.05, 4.69) is 20.6 Å². The molecule has 0 saturated carbocycles. The van der Waals surface area contributed by atoms with Crippen LogP contribution in [0, 0.1) is 6.92 Å². The normalized spacial score (nSPS) is 11.3. The topological polar surface area (TPSA) is 78.8 Å². The van der Waals surface area contributed by atoms with E-state index in [0.29, 0.717) is 24.8 Å². The van der Waals surface area contributed by atoms with Crippen molar-refractivity contribution in [3.05, 3.63) is 39.8 Å². The number of nitrogens with zero attached hydrogens (tertiary/aromatic N) is 2. The van der Waals surface area contributed by atoms with Crippen molar-refractivity contribution in [2.24, 2.45) is 4.99 Å². The first kappa shape index (κ1) is 16.1. The lowest BCUT2D eigenvalue weighted by atomic mass is 10.2. The Bertz CT molecular complexity index is 655. The molecular weight excluding hydrogens is 300 g/mol. The first-order valence-electron chi connectivity index (χ1n) is 6.84. The van der Waals surface area contributed by atoms with Crippen molar-refractivity contribution in [3.63, 3.8) is 0 Å². The molecule has 0 radical (unpaired) electrons. The van der Waals surface area contributed by atoms with Crippen LogP contribution in [-0.4, -0.2) is 30.2 Å². The van der Waals surface area contributed by atoms with Crippen molar-refractivity contribution in [3.8, 4) is 11.5 Å². The summed E-state index contributed by atoms with van der Waals surface area (Å²) in [5.41, 5.74) is 0.743. The highest BCUT2D eigenvalue weighted by Gasteiger charge is 2.06. The summed E-state index contributed by atoms with van der Waals surface area (Å²) in [5, 5.41) is 17.2. The van der Waals surface area contributed by atoms with E-state index in [-0.39, 0.29) is 5.75 Å². The highest BCUT2D eigenvalue weighted by atomic mass is 32.1. The summed E-state index contributed by atoms with van der Waals surface area (Å²) in [5.74, 6) is 1.57. The van der Waals surface area contributed by atoms with E-state index in [4.69, 9.17) is 4.74 Å². The summed E-state index contributed by atoms with van der Waals surface area (Å²) < 4.78 is 5.16. The number of aromatic hydroxyl groups is 1. The van der Waals surface area contributed by atoms with E-state index >= 15 is 0 Å². The molecule has 0 atom stereocenters. The summed E-state index contributed by atoms with van der Waals surface area (Å²) in [7, 11) is 3.30. The van der Waals surface area contributed by atoms with E-state index in [0.717, 1.165) is 10.6 Å². The third-order valence-corrected chi connectivity index (χ3v) is 3.95. The van der Waals surface area contributed by atoms with Gasteiger partial charge in [0.1, 0.15) is 16.5 Å². The number of aryl methyl sites for hydroxylation is 1. The lowest BCUT2D eigenvalue weighted by Crippen LogP contribution is -2.36. The summed E-state index contributed by atoms with van der Waals surface area (Å²) in [4.78, 5) is 9.63. The SMILES string of the molecule is CN=C(NCc1ncc(C)s1)NCc1cc(OC)ccc1O. The molecule has 1 heterocycles. The number of phenols is 1. The maximum absolute atomic E-state index is 9.86. The van der Waals surface area contributed by atoms with Crippen LogP contribution in [0.1, 0.15) is 15.4 Å². The largest absolute Gasteiger partial charge is 0.508 e. The van der Waals surface area contributed by atoms with Crippen LogP contribution in [0.4, 0.5) is 0 Å². The number of hydrogen-bond acceptors (Lipinski definition) is 5. The number of rotatable bonds is 5. The Hall–Kier alpha value is -2.28. The highest BCUT2D eigenvalue weighted by molar-refractivity contribution is 7.11. The van der Waals surface area contributed by atoms with Gasteiger partial charge >= 0.3 is 0 Å². The van der Waals surface area contributed by atoms with Gasteiger partial charge in [-0.1, -0.05) is 0 Å². The number of methoxy groups -OCH3 is 1. The smallest absolute Gasteiger partial charge is 0.191 e. The molecular formula is C15H20N4O2S. The molecule has 7 heteroatoms. The van der Waals surface area contributed by atoms with Crippen molar-refractivity contribution in [1.29, 1.82) is 0 Å². The number of hydrogen-bond donors (Lipinski definition) is 3. The van der Waals surface area contributed by atoms with Crippen molar-refractivity contribution in [2.45, 2.75) is 20.0 Å². The molecule has 3 N–H and O–H groups in total. The Morgan fingerprint density at radius 3 is 2.77 bits per heavy atom. The van der Waals surface area contributed by atoms with Crippen molar-refractivity contribution in [2.75, 3.05) is 14.2 Å². The molecule has 6 nitrogen and oxygen atoms in total. The zero-order valence-corrected chi connectivity index (χ0v) is 13.7. The van der Waals surface area contributed by atoms with Gasteiger partial charge in [-0.25, -0.2) is 4.98 Å². The Labute approximate surface area is 133 Å². The maximum Gasteiger partial charge on any atom is 0.191 e. The number of ether oxygens (including phenoxy) is 1. The lowest BCUT2D eigenvalue weighted by molar-refractivity contribution is 0.410. The number of thiazole rings is 1. The van der Waals surface area contributed by atoms with Gasteiger partial charge in [0.2, 0.25) is 0 Å². The molecule has 0 unspecified atom stereocenters. The van der Waals surface area contributed by atoms with Gasteiger partial charge in [0, 0.05) is 30.2 Å². The molecule has 0 saturated heterocycles. The minimum Gasteiger partial charge on any atom is -0.508 e. The minimum atomic E-state index is 0.222. The fourth-order valence-corrected chi connectivity index (χ4v) is 2.60. The van der Waals surface area contributed by atoms with Crippen LogP contribution in [0.15, 0.2) is 29.4 Å². The molecule has 1 aromatic carbocycles. The van der Waals surface area contributed by atoms with E-state index in [9.17, 15) is 5.11 Å². The number of guanidine groups is 1. The Morgan fingerprint density at radius 2 is 2.14 bits per heavy atom. The first-order valence-corrected chi connectivity index (χ1v) is 7.65. The Morgan fingerprint density at radius 1 is 1.36 bits per heavy atom. The highest BCUT2D eigenvalue weighted by Crippen LogP contribution is 2.22. The second kappa shape index (κ2) is 7.65. The van der Waals surface area contributed by atoms with Crippen LogP contribution >= 0.6 is 11.3 Å². The minimum absolute atomic E-state index is 0.222. The number of benzene rings is 1. The standard InChI is InChI=1S/C15H20N4O2S/c1-10-7-17-14(22-10)9-19-15(16-2)18-8-11-6-12(21-3)4-5-13(11)20/h4-7,20H,8-9H2,1-3H3,(H2,16,18,19). The second-order valence-corrected chi connectivity index (χ2v) is 5.96. The Balaban J connectivity index is 1.91. The van der Waals surface area contributed by atoms with Crippen LogP contribution in [0.2, 0.25) is 0 Å². The number of aliphatic imine (C=N–C) groups is 1. The van der Waals surface area contributed by atoms with Gasteiger partial charge in [-0.2, -0.15) is 0 Å². The molecule has 2 aromatic rings. The van der Waals surface area contributed by atoms with Gasteiger partial charge in [0.05, 0.1) is 13.7 Å². The molecule has 0 bridgehead atoms. The fourth-order valence-electron chi connectivity index (χ4n) is 1.87. The predicted octanol–water partition coefficient (Wildman–Crippen LogP) is 2.03. The third-order valence-electron chi connectivity index (χ3n) is 3.03. The average molecular weight is 320 g/mol. The van der Waals surface area contributed by atoms with E-state index in [1.807, 2.05) is 13.1 Å². The molecule has 22 heavy (non-hydrogen) atoms. The summed E-state index contributed by atoms with van der Waals surface area (Å²) >= 11 is 1.65. The van der Waals surface area contributed by atoms with Gasteiger partial charge in [0.15, 0.2) is 5.96 Å². The van der Waals surface area contributed by atoms with E-state index < -0.39 is 0 Å². The molecule has 0 aliphatic carbocycles. The summed E-state index contributed by atoms with van der Waals surface area (Å²) in [6.07, 6.45) is 1.85. The molecule has 0 aliphatic heterocycles. The van der Waals surface area contributed by atoms with E-state index in [1.54, 1.807) is 43.7 Å². The van der Waals surface area contributed by atoms with Crippen LogP contribution in [-0.2, 0) is 13.1 Å². The molecule has 118 valence electrons. The van der Waals surface area contributed by atoms with Gasteiger partial charge in [-0.05, 0) is 25.1 Å². The zero-order chi connectivity index (χ0) is 15.9. The summed E-state index contributed by atoms with van der Waals surface area (Å²) in [6.45, 7) is 3.09. The van der Waals surface area contributed by atoms with Gasteiger partial charge in [-0.3, -0.25) is 4.99 Å². The van der Waals surface area contributed by atoms with Crippen molar-refractivity contribution >= 4 is 17.3 Å². The lowest BCUT2D eigenvalue weighted by Gasteiger charge is -2.12. The average Bonchev–Trinajstić information content (AvgIpc) is 2.94. The van der Waals surface area contributed by atoms with E-state index in [1.165, 1.54) is 4.88 Å². The Kier molecular flexibility index (Phi) is 5.60. The maximum atomic E-state index is 9.86. The molecule has 0 amide bonds. The summed E-state index contributed by atoms with van der Waals surface area (Å²) in [6, 6.07) is 5.13. The number of aromatic nitrogens is 1. The van der Waals surface area contributed by atoms with Gasteiger partial charge in [0.25, 0.3) is 0 Å². The zero-order valence-electron chi connectivity index (χ0n) is 12.9. The number of nitrogens with one attached hydrogen (secondary N) is 2.